The zero-order valence-electron chi connectivity index (χ0n) is 14.0. The Morgan fingerprint density at radius 1 is 1.00 bits per heavy atom. The Balaban J connectivity index is 2.31. The minimum atomic E-state index is -0.251. The summed E-state index contributed by atoms with van der Waals surface area (Å²) < 4.78 is 11.6. The van der Waals surface area contributed by atoms with Gasteiger partial charge in [-0.05, 0) is 36.5 Å². The number of amides is 1. The number of thiocarbonyl (C=S) groups is 1. The second kappa shape index (κ2) is 8.68. The van der Waals surface area contributed by atoms with Crippen LogP contribution in [0.4, 0.5) is 11.4 Å². The fraction of sp³-hybridized carbons (Fsp3) is 0.176. The minimum absolute atomic E-state index is 0.251. The third-order valence-corrected chi connectivity index (χ3v) is 4.19. The van der Waals surface area contributed by atoms with Gasteiger partial charge in [0, 0.05) is 29.2 Å². The molecule has 1 amide bonds. The van der Waals surface area contributed by atoms with Crippen LogP contribution < -0.4 is 25.4 Å². The number of rotatable bonds is 5. The third-order valence-electron chi connectivity index (χ3n) is 3.35. The highest BCUT2D eigenvalue weighted by Crippen LogP contribution is 2.36. The van der Waals surface area contributed by atoms with Crippen molar-refractivity contribution in [3.8, 4) is 11.5 Å². The Morgan fingerprint density at radius 3 is 2.00 bits per heavy atom. The lowest BCUT2D eigenvalue weighted by atomic mass is 10.2. The number of carbonyl (C=O) groups excluding carboxylic acids is 1. The van der Waals surface area contributed by atoms with Crippen LogP contribution in [-0.2, 0) is 0 Å². The van der Waals surface area contributed by atoms with Crippen molar-refractivity contribution in [2.45, 2.75) is 0 Å². The minimum Gasteiger partial charge on any atom is -0.494 e. The van der Waals surface area contributed by atoms with Crippen LogP contribution in [0.25, 0.3) is 0 Å². The molecule has 0 aliphatic carbocycles. The van der Waals surface area contributed by atoms with Gasteiger partial charge in [0.15, 0.2) is 5.11 Å². The molecule has 0 saturated carbocycles. The number of benzene rings is 2. The van der Waals surface area contributed by atoms with E-state index in [4.69, 9.17) is 21.7 Å². The summed E-state index contributed by atoms with van der Waals surface area (Å²) in [4.78, 5) is 12.4. The van der Waals surface area contributed by atoms with E-state index in [1.54, 1.807) is 43.4 Å². The van der Waals surface area contributed by atoms with Crippen LogP contribution in [0.1, 0.15) is 10.4 Å². The van der Waals surface area contributed by atoms with E-state index in [1.165, 1.54) is 14.2 Å². The molecule has 0 unspecified atom stereocenters. The molecule has 0 atom stereocenters. The molecule has 0 heterocycles. The Labute approximate surface area is 160 Å². The molecule has 8 heteroatoms. The molecule has 2 aromatic rings. The van der Waals surface area contributed by atoms with E-state index in [2.05, 4.69) is 31.9 Å². The average Bonchev–Trinajstić information content (AvgIpc) is 2.62. The van der Waals surface area contributed by atoms with Crippen LogP contribution in [0, 0.1) is 0 Å². The van der Waals surface area contributed by atoms with Gasteiger partial charge in [-0.3, -0.25) is 4.79 Å². The van der Waals surface area contributed by atoms with Crippen LogP contribution in [-0.4, -0.2) is 32.3 Å². The van der Waals surface area contributed by atoms with E-state index < -0.39 is 0 Å². The predicted octanol–water partition coefficient (Wildman–Crippen LogP) is 3.63. The summed E-state index contributed by atoms with van der Waals surface area (Å²) in [6.07, 6.45) is 0. The largest absolute Gasteiger partial charge is 0.494 e. The van der Waals surface area contributed by atoms with Crippen molar-refractivity contribution >= 4 is 50.5 Å². The highest BCUT2D eigenvalue weighted by molar-refractivity contribution is 9.10. The van der Waals surface area contributed by atoms with Crippen molar-refractivity contribution in [2.24, 2.45) is 0 Å². The second-order valence-corrected chi connectivity index (χ2v) is 6.24. The summed E-state index contributed by atoms with van der Waals surface area (Å²) in [6.45, 7) is 0. The van der Waals surface area contributed by atoms with Gasteiger partial charge >= 0.3 is 0 Å². The van der Waals surface area contributed by atoms with Crippen LogP contribution >= 0.6 is 28.1 Å². The van der Waals surface area contributed by atoms with Gasteiger partial charge in [-0.25, -0.2) is 0 Å². The lowest BCUT2D eigenvalue weighted by Gasteiger charge is -2.17. The molecule has 0 aromatic heterocycles. The maximum Gasteiger partial charge on any atom is 0.255 e. The second-order valence-electron chi connectivity index (χ2n) is 4.92. The number of hydrogen-bond donors (Lipinski definition) is 3. The SMILES string of the molecule is CNC(=S)Nc1cc(OC)c(NC(=O)c2ccc(Br)cc2)cc1OC. The third kappa shape index (κ3) is 4.83. The number of anilines is 2. The molecule has 0 bridgehead atoms. The van der Waals surface area contributed by atoms with Crippen molar-refractivity contribution in [2.75, 3.05) is 31.9 Å². The van der Waals surface area contributed by atoms with E-state index in [9.17, 15) is 4.79 Å². The summed E-state index contributed by atoms with van der Waals surface area (Å²) in [5.41, 5.74) is 1.65. The molecule has 0 aliphatic rings. The first-order valence-electron chi connectivity index (χ1n) is 7.30. The number of nitrogens with one attached hydrogen (secondary N) is 3. The normalized spacial score (nSPS) is 9.92. The van der Waals surface area contributed by atoms with Crippen LogP contribution in [0.5, 0.6) is 11.5 Å². The molecule has 0 saturated heterocycles. The van der Waals surface area contributed by atoms with E-state index in [-0.39, 0.29) is 5.91 Å². The molecule has 0 fully saturated rings. The number of methoxy groups -OCH3 is 2. The fourth-order valence-corrected chi connectivity index (χ4v) is 2.45. The number of ether oxygens (including phenoxy) is 2. The predicted molar refractivity (Wildman–Crippen MR) is 107 cm³/mol. The fourth-order valence-electron chi connectivity index (χ4n) is 2.07. The van der Waals surface area contributed by atoms with Gasteiger partial charge in [0.25, 0.3) is 5.91 Å². The Kier molecular flexibility index (Phi) is 6.60. The molecule has 6 nitrogen and oxygen atoms in total. The standard InChI is InChI=1S/C17H18BrN3O3S/c1-19-17(25)21-13-9-14(23-2)12(8-15(13)24-3)20-16(22)10-4-6-11(18)7-5-10/h4-9H,1-3H3,(H,20,22)(H2,19,21,25). The quantitative estimate of drug-likeness (QED) is 0.637. The lowest BCUT2D eigenvalue weighted by molar-refractivity contribution is 0.102. The Hall–Kier alpha value is -2.32. The van der Waals surface area contributed by atoms with E-state index in [0.717, 1.165) is 4.47 Å². The summed E-state index contributed by atoms with van der Waals surface area (Å²) in [6, 6.07) is 10.4. The molecule has 3 N–H and O–H groups in total. The highest BCUT2D eigenvalue weighted by atomic mass is 79.9. The number of carbonyl (C=O) groups is 1. The summed E-state index contributed by atoms with van der Waals surface area (Å²) >= 11 is 8.45. The molecular formula is C17H18BrN3O3S. The molecule has 25 heavy (non-hydrogen) atoms. The zero-order valence-corrected chi connectivity index (χ0v) is 16.4. The summed E-state index contributed by atoms with van der Waals surface area (Å²) in [5.74, 6) is 0.747. The molecular weight excluding hydrogens is 406 g/mol. The summed E-state index contributed by atoms with van der Waals surface area (Å²) in [7, 11) is 4.78. The average molecular weight is 424 g/mol. The monoisotopic (exact) mass is 423 g/mol. The number of halogens is 1. The first-order valence-corrected chi connectivity index (χ1v) is 8.50. The van der Waals surface area contributed by atoms with Gasteiger partial charge in [-0.15, -0.1) is 0 Å². The molecule has 0 aliphatic heterocycles. The van der Waals surface area contributed by atoms with E-state index >= 15 is 0 Å². The first-order chi connectivity index (χ1) is 12.0. The maximum absolute atomic E-state index is 12.4. The van der Waals surface area contributed by atoms with Gasteiger partial charge in [0.1, 0.15) is 11.5 Å². The molecule has 0 radical (unpaired) electrons. The van der Waals surface area contributed by atoms with Crippen molar-refractivity contribution in [1.82, 2.24) is 5.32 Å². The zero-order chi connectivity index (χ0) is 18.4. The van der Waals surface area contributed by atoms with Crippen molar-refractivity contribution in [3.05, 3.63) is 46.4 Å². The highest BCUT2D eigenvalue weighted by Gasteiger charge is 2.15. The van der Waals surface area contributed by atoms with Gasteiger partial charge in [0.2, 0.25) is 0 Å². The lowest BCUT2D eigenvalue weighted by Crippen LogP contribution is -2.24. The van der Waals surface area contributed by atoms with Crippen LogP contribution in [0.2, 0.25) is 0 Å². The van der Waals surface area contributed by atoms with Crippen LogP contribution in [0.15, 0.2) is 40.9 Å². The van der Waals surface area contributed by atoms with Gasteiger partial charge < -0.3 is 25.4 Å². The van der Waals surface area contributed by atoms with Gasteiger partial charge in [0.05, 0.1) is 25.6 Å². The van der Waals surface area contributed by atoms with E-state index in [1.807, 2.05) is 0 Å². The first kappa shape index (κ1) is 19.0. The van der Waals surface area contributed by atoms with Crippen molar-refractivity contribution in [3.63, 3.8) is 0 Å². The Bertz CT molecular complexity index is 781. The smallest absolute Gasteiger partial charge is 0.255 e. The molecule has 132 valence electrons. The van der Waals surface area contributed by atoms with Crippen LogP contribution in [0.3, 0.4) is 0 Å². The maximum atomic E-state index is 12.4. The molecule has 2 rings (SSSR count). The van der Waals surface area contributed by atoms with Crippen molar-refractivity contribution in [1.29, 1.82) is 0 Å². The topological polar surface area (TPSA) is 71.6 Å². The van der Waals surface area contributed by atoms with Crippen molar-refractivity contribution < 1.29 is 14.3 Å². The van der Waals surface area contributed by atoms with E-state index in [0.29, 0.717) is 33.5 Å². The number of hydrogen-bond acceptors (Lipinski definition) is 4. The molecule has 2 aromatic carbocycles. The summed E-state index contributed by atoms with van der Waals surface area (Å²) in [5, 5.41) is 9.10. The Morgan fingerprint density at radius 2 is 1.52 bits per heavy atom. The molecule has 0 spiro atoms. The van der Waals surface area contributed by atoms with Gasteiger partial charge in [-0.1, -0.05) is 15.9 Å². The van der Waals surface area contributed by atoms with Gasteiger partial charge in [-0.2, -0.15) is 0 Å².